The summed E-state index contributed by atoms with van der Waals surface area (Å²) in [6.07, 6.45) is 0. The SMILES string of the molecule is COc1ccc(OC)c(C(C)NC(=O)CN(c2cc(Cl)ccc2Cl)S(=O)(=O)c2ccc(C)cc2)c1. The highest BCUT2D eigenvalue weighted by molar-refractivity contribution is 7.92. The van der Waals surface area contributed by atoms with Gasteiger partial charge in [0.25, 0.3) is 10.0 Å². The lowest BCUT2D eigenvalue weighted by Gasteiger charge is -2.26. The number of aryl methyl sites for hydroxylation is 1. The van der Waals surface area contributed by atoms with Crippen molar-refractivity contribution in [1.29, 1.82) is 0 Å². The summed E-state index contributed by atoms with van der Waals surface area (Å²) in [6, 6.07) is 15.5. The third-order valence-electron chi connectivity index (χ3n) is 5.35. The Balaban J connectivity index is 1.96. The van der Waals surface area contributed by atoms with E-state index in [1.54, 1.807) is 43.3 Å². The molecule has 3 aromatic carbocycles. The number of nitrogens with zero attached hydrogens (tertiary/aromatic N) is 1. The van der Waals surface area contributed by atoms with Gasteiger partial charge in [0, 0.05) is 10.6 Å². The first-order chi connectivity index (χ1) is 16.6. The van der Waals surface area contributed by atoms with Crippen LogP contribution in [0.25, 0.3) is 0 Å². The summed E-state index contributed by atoms with van der Waals surface area (Å²) < 4.78 is 38.8. The average Bonchev–Trinajstić information content (AvgIpc) is 2.83. The third-order valence-corrected chi connectivity index (χ3v) is 7.68. The van der Waals surface area contributed by atoms with Gasteiger partial charge in [-0.15, -0.1) is 0 Å². The monoisotopic (exact) mass is 536 g/mol. The zero-order valence-corrected chi connectivity index (χ0v) is 22.0. The van der Waals surface area contributed by atoms with E-state index in [0.29, 0.717) is 17.1 Å². The van der Waals surface area contributed by atoms with Crippen molar-refractivity contribution in [3.05, 3.63) is 81.8 Å². The first-order valence-corrected chi connectivity index (χ1v) is 12.8. The molecule has 0 bridgehead atoms. The van der Waals surface area contributed by atoms with Gasteiger partial charge in [0.05, 0.1) is 35.9 Å². The Morgan fingerprint density at radius 2 is 1.69 bits per heavy atom. The molecule has 0 saturated heterocycles. The minimum atomic E-state index is -4.14. The summed E-state index contributed by atoms with van der Waals surface area (Å²) in [5.74, 6) is 0.603. The largest absolute Gasteiger partial charge is 0.497 e. The van der Waals surface area contributed by atoms with Gasteiger partial charge >= 0.3 is 0 Å². The smallest absolute Gasteiger partial charge is 0.264 e. The molecule has 0 heterocycles. The number of methoxy groups -OCH3 is 2. The van der Waals surface area contributed by atoms with Gasteiger partial charge in [0.2, 0.25) is 5.91 Å². The zero-order valence-electron chi connectivity index (χ0n) is 19.7. The summed E-state index contributed by atoms with van der Waals surface area (Å²) in [7, 11) is -1.08. The van der Waals surface area contributed by atoms with Crippen LogP contribution < -0.4 is 19.1 Å². The minimum absolute atomic E-state index is 0.0226. The molecule has 0 saturated carbocycles. The molecule has 0 aliphatic carbocycles. The van der Waals surface area contributed by atoms with Crippen LogP contribution in [0.2, 0.25) is 10.0 Å². The van der Waals surface area contributed by atoms with Crippen molar-refractivity contribution in [2.75, 3.05) is 25.1 Å². The summed E-state index contributed by atoms with van der Waals surface area (Å²) in [5, 5.41) is 3.25. The highest BCUT2D eigenvalue weighted by Crippen LogP contribution is 2.33. The van der Waals surface area contributed by atoms with Gasteiger partial charge in [-0.25, -0.2) is 8.42 Å². The molecule has 0 fully saturated rings. The molecule has 1 N–H and O–H groups in total. The van der Waals surface area contributed by atoms with E-state index >= 15 is 0 Å². The molecule has 0 aromatic heterocycles. The topological polar surface area (TPSA) is 84.9 Å². The van der Waals surface area contributed by atoms with E-state index in [1.807, 2.05) is 6.92 Å². The van der Waals surface area contributed by atoms with Crippen molar-refractivity contribution < 1.29 is 22.7 Å². The van der Waals surface area contributed by atoms with E-state index in [0.717, 1.165) is 9.87 Å². The molecule has 0 radical (unpaired) electrons. The molecule has 1 amide bonds. The Bertz CT molecular complexity index is 1310. The molecule has 0 spiro atoms. The maximum absolute atomic E-state index is 13.6. The predicted octanol–water partition coefficient (Wildman–Crippen LogP) is 5.39. The molecule has 0 aliphatic heterocycles. The van der Waals surface area contributed by atoms with Crippen LogP contribution in [0.5, 0.6) is 11.5 Å². The molecule has 0 aliphatic rings. The van der Waals surface area contributed by atoms with E-state index in [9.17, 15) is 13.2 Å². The highest BCUT2D eigenvalue weighted by Gasteiger charge is 2.29. The first-order valence-electron chi connectivity index (χ1n) is 10.6. The molecule has 186 valence electrons. The predicted molar refractivity (Wildman–Crippen MR) is 138 cm³/mol. The van der Waals surface area contributed by atoms with Crippen molar-refractivity contribution in [3.63, 3.8) is 0 Å². The number of rotatable bonds is 9. The van der Waals surface area contributed by atoms with E-state index in [1.165, 1.54) is 38.5 Å². The van der Waals surface area contributed by atoms with Crippen molar-refractivity contribution in [3.8, 4) is 11.5 Å². The van der Waals surface area contributed by atoms with Gasteiger partial charge < -0.3 is 14.8 Å². The summed E-state index contributed by atoms with van der Waals surface area (Å²) in [4.78, 5) is 13.2. The molecule has 3 aromatic rings. The number of anilines is 1. The van der Waals surface area contributed by atoms with Crippen LogP contribution in [0.3, 0.4) is 0 Å². The minimum Gasteiger partial charge on any atom is -0.497 e. The summed E-state index contributed by atoms with van der Waals surface area (Å²) in [6.45, 7) is 3.09. The number of carbonyl (C=O) groups excluding carboxylic acids is 1. The molecule has 35 heavy (non-hydrogen) atoms. The van der Waals surface area contributed by atoms with Gasteiger partial charge in [-0.05, 0) is 62.4 Å². The highest BCUT2D eigenvalue weighted by atomic mass is 35.5. The van der Waals surface area contributed by atoms with E-state index in [2.05, 4.69) is 5.32 Å². The number of hydrogen-bond donors (Lipinski definition) is 1. The number of carbonyl (C=O) groups is 1. The van der Waals surface area contributed by atoms with Crippen LogP contribution in [0, 0.1) is 6.92 Å². The van der Waals surface area contributed by atoms with E-state index in [4.69, 9.17) is 32.7 Å². The second-order valence-corrected chi connectivity index (χ2v) is 10.5. The van der Waals surface area contributed by atoms with E-state index < -0.39 is 28.5 Å². The second kappa shape index (κ2) is 11.2. The number of ether oxygens (including phenoxy) is 2. The third kappa shape index (κ3) is 6.20. The van der Waals surface area contributed by atoms with Crippen LogP contribution in [-0.4, -0.2) is 35.1 Å². The Morgan fingerprint density at radius 1 is 1.00 bits per heavy atom. The van der Waals surface area contributed by atoms with E-state index in [-0.39, 0.29) is 20.6 Å². The van der Waals surface area contributed by atoms with Crippen LogP contribution in [-0.2, 0) is 14.8 Å². The number of halogens is 2. The number of hydrogen-bond acceptors (Lipinski definition) is 5. The van der Waals surface area contributed by atoms with Crippen LogP contribution in [0.15, 0.2) is 65.6 Å². The molecule has 1 unspecified atom stereocenters. The molecule has 1 atom stereocenters. The lowest BCUT2D eigenvalue weighted by Crippen LogP contribution is -2.41. The average molecular weight is 537 g/mol. The van der Waals surface area contributed by atoms with Gasteiger partial charge in [0.1, 0.15) is 18.0 Å². The van der Waals surface area contributed by atoms with Crippen molar-refractivity contribution in [1.82, 2.24) is 5.32 Å². The Labute approximate surface area is 215 Å². The van der Waals surface area contributed by atoms with Crippen LogP contribution >= 0.6 is 23.2 Å². The lowest BCUT2D eigenvalue weighted by molar-refractivity contribution is -0.120. The maximum Gasteiger partial charge on any atom is 0.264 e. The summed E-state index contributed by atoms with van der Waals surface area (Å²) >= 11 is 12.5. The fraction of sp³-hybridized carbons (Fsp3) is 0.240. The molecule has 3 rings (SSSR count). The molecular formula is C25H26Cl2N2O5S. The Kier molecular flexibility index (Phi) is 8.53. The van der Waals surface area contributed by atoms with Gasteiger partial charge in [-0.2, -0.15) is 0 Å². The molecule has 7 nitrogen and oxygen atoms in total. The number of nitrogens with one attached hydrogen (secondary N) is 1. The zero-order chi connectivity index (χ0) is 25.8. The fourth-order valence-corrected chi connectivity index (χ4v) is 5.35. The standard InChI is InChI=1S/C25H26Cl2N2O5S/c1-16-5-9-20(10-6-16)35(31,32)29(23-13-18(26)7-11-22(23)27)15-25(30)28-17(2)21-14-19(33-3)8-12-24(21)34-4/h5-14,17H,15H2,1-4H3,(H,28,30). The van der Waals surface area contributed by atoms with Crippen LogP contribution in [0.1, 0.15) is 24.1 Å². The maximum atomic E-state index is 13.6. The molecule has 10 heteroatoms. The Morgan fingerprint density at radius 3 is 2.31 bits per heavy atom. The van der Waals surface area contributed by atoms with Crippen LogP contribution in [0.4, 0.5) is 5.69 Å². The summed E-state index contributed by atoms with van der Waals surface area (Å²) in [5.41, 5.74) is 1.67. The number of amides is 1. The van der Waals surface area contributed by atoms with Gasteiger partial charge in [0.15, 0.2) is 0 Å². The van der Waals surface area contributed by atoms with Gasteiger partial charge in [-0.1, -0.05) is 40.9 Å². The van der Waals surface area contributed by atoms with Crippen molar-refractivity contribution in [2.45, 2.75) is 24.8 Å². The van der Waals surface area contributed by atoms with Gasteiger partial charge in [-0.3, -0.25) is 9.10 Å². The number of benzene rings is 3. The number of sulfonamides is 1. The van der Waals surface area contributed by atoms with Crippen molar-refractivity contribution >= 4 is 44.8 Å². The second-order valence-electron chi connectivity index (χ2n) is 7.82. The fourth-order valence-electron chi connectivity index (χ4n) is 3.49. The van der Waals surface area contributed by atoms with Crippen molar-refractivity contribution in [2.24, 2.45) is 0 Å². The normalized spacial score (nSPS) is 12.1. The Hall–Kier alpha value is -2.94. The molecular weight excluding hydrogens is 511 g/mol. The lowest BCUT2D eigenvalue weighted by atomic mass is 10.1. The quantitative estimate of drug-likeness (QED) is 0.396. The first kappa shape index (κ1) is 26.7.